The number of rotatable bonds is 2. The first-order chi connectivity index (χ1) is 14.5. The topological polar surface area (TPSA) is 58.9 Å². The first-order valence-corrected chi connectivity index (χ1v) is 10.7. The normalized spacial score (nSPS) is 25.7. The Bertz CT molecular complexity index is 790. The smallest absolute Gasteiger partial charge is 0.119 e. The molecule has 4 heteroatoms. The van der Waals surface area contributed by atoms with Crippen molar-refractivity contribution in [3.05, 3.63) is 85.0 Å². The second kappa shape index (κ2) is 9.96. The van der Waals surface area contributed by atoms with E-state index in [2.05, 4.69) is 13.2 Å². The highest BCUT2D eigenvalue weighted by atomic mass is 16.5. The molecular weight excluding hydrogens is 376 g/mol. The van der Waals surface area contributed by atoms with Crippen molar-refractivity contribution in [2.75, 3.05) is 13.2 Å². The zero-order chi connectivity index (χ0) is 21.5. The lowest BCUT2D eigenvalue weighted by Gasteiger charge is -2.31. The number of hydrogen-bond donors (Lipinski definition) is 2. The molecule has 30 heavy (non-hydrogen) atoms. The third-order valence-corrected chi connectivity index (χ3v) is 5.81. The SMILES string of the molecule is C=CC1(O)CCC(O)(C=C)c2cccc(c2)OCCCCCCOc2cccc1c2. The second-order valence-electron chi connectivity index (χ2n) is 7.92. The van der Waals surface area contributed by atoms with Crippen LogP contribution in [0.4, 0.5) is 0 Å². The van der Waals surface area contributed by atoms with Crippen molar-refractivity contribution < 1.29 is 19.7 Å². The minimum Gasteiger partial charge on any atom is -0.494 e. The van der Waals surface area contributed by atoms with E-state index in [1.165, 1.54) is 12.2 Å². The van der Waals surface area contributed by atoms with E-state index >= 15 is 0 Å². The van der Waals surface area contributed by atoms with Crippen molar-refractivity contribution in [2.24, 2.45) is 0 Å². The van der Waals surface area contributed by atoms with Gasteiger partial charge in [0.2, 0.25) is 0 Å². The molecule has 0 radical (unpaired) electrons. The molecule has 2 unspecified atom stereocenters. The summed E-state index contributed by atoms with van der Waals surface area (Å²) in [6.07, 6.45) is 7.66. The third kappa shape index (κ3) is 5.32. The van der Waals surface area contributed by atoms with E-state index in [0.29, 0.717) is 24.3 Å². The van der Waals surface area contributed by atoms with Gasteiger partial charge in [0.1, 0.15) is 22.7 Å². The summed E-state index contributed by atoms with van der Waals surface area (Å²) in [4.78, 5) is 0. The van der Waals surface area contributed by atoms with Gasteiger partial charge in [-0.05, 0) is 73.9 Å². The standard InChI is InChI=1S/C26H32O4/c1-3-25(27)15-16-26(28,4-2)22-12-10-14-24(20-22)30-18-8-6-5-7-17-29-23-13-9-11-21(25)19-23/h3-4,9-14,19-20,27-28H,1-2,5-8,15-18H2. The minimum atomic E-state index is -1.30. The molecule has 0 aromatic heterocycles. The monoisotopic (exact) mass is 408 g/mol. The van der Waals surface area contributed by atoms with Crippen LogP contribution in [0.15, 0.2) is 73.8 Å². The highest BCUT2D eigenvalue weighted by Crippen LogP contribution is 2.37. The Morgan fingerprint density at radius 1 is 0.700 bits per heavy atom. The highest BCUT2D eigenvalue weighted by molar-refractivity contribution is 5.37. The Morgan fingerprint density at radius 2 is 1.13 bits per heavy atom. The molecule has 0 aliphatic carbocycles. The summed E-state index contributed by atoms with van der Waals surface area (Å²) in [6.45, 7) is 8.95. The van der Waals surface area contributed by atoms with Crippen molar-refractivity contribution in [1.82, 2.24) is 0 Å². The second-order valence-corrected chi connectivity index (χ2v) is 7.92. The van der Waals surface area contributed by atoms with E-state index in [0.717, 1.165) is 37.2 Å². The van der Waals surface area contributed by atoms with Crippen LogP contribution in [0.5, 0.6) is 11.5 Å². The Kier molecular flexibility index (Phi) is 7.35. The molecule has 1 heterocycles. The van der Waals surface area contributed by atoms with Crippen LogP contribution < -0.4 is 9.47 Å². The van der Waals surface area contributed by atoms with Crippen LogP contribution in [0, 0.1) is 0 Å². The minimum absolute atomic E-state index is 0.271. The number of fused-ring (bicyclic) bond motifs is 4. The molecule has 1 aliphatic rings. The van der Waals surface area contributed by atoms with Crippen molar-refractivity contribution in [2.45, 2.75) is 49.7 Å². The van der Waals surface area contributed by atoms with Gasteiger partial charge in [-0.15, -0.1) is 0 Å². The quantitative estimate of drug-likeness (QED) is 0.667. The maximum Gasteiger partial charge on any atom is 0.119 e. The average molecular weight is 409 g/mol. The fourth-order valence-corrected chi connectivity index (χ4v) is 3.76. The molecule has 4 bridgehead atoms. The van der Waals surface area contributed by atoms with Crippen molar-refractivity contribution in [3.8, 4) is 11.5 Å². The van der Waals surface area contributed by atoms with Gasteiger partial charge in [-0.2, -0.15) is 0 Å². The first kappa shape index (κ1) is 22.1. The van der Waals surface area contributed by atoms with Gasteiger partial charge in [-0.1, -0.05) is 49.6 Å². The molecule has 4 nitrogen and oxygen atoms in total. The van der Waals surface area contributed by atoms with Crippen LogP contribution in [-0.4, -0.2) is 23.4 Å². The lowest BCUT2D eigenvalue weighted by atomic mass is 9.81. The maximum absolute atomic E-state index is 11.3. The molecule has 0 spiro atoms. The van der Waals surface area contributed by atoms with Crippen LogP contribution in [0.1, 0.15) is 49.7 Å². The first-order valence-electron chi connectivity index (χ1n) is 10.7. The molecule has 0 amide bonds. The lowest BCUT2D eigenvalue weighted by molar-refractivity contribution is 0.0243. The molecule has 3 rings (SSSR count). The molecule has 1 aliphatic heterocycles. The summed E-state index contributed by atoms with van der Waals surface area (Å²) in [6, 6.07) is 15.0. The summed E-state index contributed by atoms with van der Waals surface area (Å²) in [5.41, 5.74) is -1.20. The van der Waals surface area contributed by atoms with E-state index in [1.807, 2.05) is 48.5 Å². The van der Waals surface area contributed by atoms with Gasteiger partial charge in [0.25, 0.3) is 0 Å². The van der Waals surface area contributed by atoms with Crippen molar-refractivity contribution in [1.29, 1.82) is 0 Å². The summed E-state index contributed by atoms with van der Waals surface area (Å²) >= 11 is 0. The number of aliphatic hydroxyl groups is 2. The van der Waals surface area contributed by atoms with Gasteiger partial charge in [0.05, 0.1) is 13.2 Å². The third-order valence-electron chi connectivity index (χ3n) is 5.81. The zero-order valence-corrected chi connectivity index (χ0v) is 17.6. The van der Waals surface area contributed by atoms with E-state index in [4.69, 9.17) is 9.47 Å². The molecular formula is C26H32O4. The van der Waals surface area contributed by atoms with Gasteiger partial charge in [0.15, 0.2) is 0 Å². The molecule has 2 atom stereocenters. The van der Waals surface area contributed by atoms with Crippen LogP contribution >= 0.6 is 0 Å². The average Bonchev–Trinajstić information content (AvgIpc) is 2.79. The fourth-order valence-electron chi connectivity index (χ4n) is 3.76. The van der Waals surface area contributed by atoms with Crippen LogP contribution in [0.2, 0.25) is 0 Å². The Labute approximate surface area is 179 Å². The molecule has 0 fully saturated rings. The molecule has 2 aromatic carbocycles. The van der Waals surface area contributed by atoms with Crippen LogP contribution in [0.25, 0.3) is 0 Å². The number of hydrogen-bond acceptors (Lipinski definition) is 4. The Hall–Kier alpha value is -2.56. The van der Waals surface area contributed by atoms with Gasteiger partial charge >= 0.3 is 0 Å². The molecule has 0 saturated heterocycles. The summed E-state index contributed by atoms with van der Waals surface area (Å²) < 4.78 is 11.8. The van der Waals surface area contributed by atoms with E-state index < -0.39 is 11.2 Å². The zero-order valence-electron chi connectivity index (χ0n) is 17.6. The molecule has 2 N–H and O–H groups in total. The fraction of sp³-hybridized carbons (Fsp3) is 0.385. The highest BCUT2D eigenvalue weighted by Gasteiger charge is 2.33. The van der Waals surface area contributed by atoms with Gasteiger partial charge in [-0.3, -0.25) is 0 Å². The number of benzene rings is 2. The predicted octanol–water partition coefficient (Wildman–Crippen LogP) is 5.25. The maximum atomic E-state index is 11.3. The van der Waals surface area contributed by atoms with Gasteiger partial charge < -0.3 is 19.7 Å². The number of ether oxygens (including phenoxy) is 2. The summed E-state index contributed by atoms with van der Waals surface area (Å²) in [5.74, 6) is 1.45. The predicted molar refractivity (Wildman–Crippen MR) is 120 cm³/mol. The summed E-state index contributed by atoms with van der Waals surface area (Å²) in [7, 11) is 0. The van der Waals surface area contributed by atoms with Gasteiger partial charge in [-0.25, -0.2) is 0 Å². The summed E-state index contributed by atoms with van der Waals surface area (Å²) in [5, 5.41) is 22.6. The molecule has 160 valence electrons. The van der Waals surface area contributed by atoms with Gasteiger partial charge in [0, 0.05) is 0 Å². The molecule has 2 aromatic rings. The van der Waals surface area contributed by atoms with E-state index in [1.54, 1.807) is 0 Å². The van der Waals surface area contributed by atoms with E-state index in [-0.39, 0.29) is 12.8 Å². The van der Waals surface area contributed by atoms with Crippen molar-refractivity contribution >= 4 is 0 Å². The Morgan fingerprint density at radius 3 is 1.53 bits per heavy atom. The molecule has 0 saturated carbocycles. The lowest BCUT2D eigenvalue weighted by Crippen LogP contribution is -2.29. The largest absolute Gasteiger partial charge is 0.494 e. The van der Waals surface area contributed by atoms with Crippen molar-refractivity contribution in [3.63, 3.8) is 0 Å². The van der Waals surface area contributed by atoms with Crippen LogP contribution in [0.3, 0.4) is 0 Å². The van der Waals surface area contributed by atoms with Crippen LogP contribution in [-0.2, 0) is 11.2 Å². The van der Waals surface area contributed by atoms with E-state index in [9.17, 15) is 10.2 Å². The Balaban J connectivity index is 1.92.